The summed E-state index contributed by atoms with van der Waals surface area (Å²) in [6.07, 6.45) is 0. The van der Waals surface area contributed by atoms with Crippen LogP contribution in [0.5, 0.6) is 5.75 Å². The second kappa shape index (κ2) is 4.95. The minimum Gasteiger partial charge on any atom is -0.508 e. The third-order valence-corrected chi connectivity index (χ3v) is 3.47. The van der Waals surface area contributed by atoms with Crippen LogP contribution < -0.4 is 0 Å². The van der Waals surface area contributed by atoms with E-state index in [1.807, 2.05) is 0 Å². The fourth-order valence-electron chi connectivity index (χ4n) is 1.54. The number of aromatic hydroxyl groups is 1. The topological polar surface area (TPSA) is 20.2 Å². The van der Waals surface area contributed by atoms with Gasteiger partial charge in [0.25, 0.3) is 0 Å². The Morgan fingerprint density at radius 1 is 0.706 bits per heavy atom. The van der Waals surface area contributed by atoms with Gasteiger partial charge in [0, 0.05) is 21.2 Å². The molecule has 1 N–H and O–H groups in total. The Kier molecular flexibility index (Phi) is 3.74. The fourth-order valence-corrected chi connectivity index (χ4v) is 2.79. The summed E-state index contributed by atoms with van der Waals surface area (Å²) in [5.74, 6) is -0.00748. The smallest absolute Gasteiger partial charge is 0.118 e. The predicted octanol–water partition coefficient (Wildman–Crippen LogP) is 5.67. The van der Waals surface area contributed by atoms with Gasteiger partial charge < -0.3 is 5.11 Å². The van der Waals surface area contributed by atoms with E-state index < -0.39 is 0 Å². The first kappa shape index (κ1) is 12.8. The number of benzene rings is 2. The number of hydrogen-bond donors (Lipinski definition) is 1. The molecule has 0 aliphatic carbocycles. The highest BCUT2D eigenvalue weighted by atomic mass is 35.5. The van der Waals surface area contributed by atoms with Crippen molar-refractivity contribution in [1.29, 1.82) is 0 Å². The van der Waals surface area contributed by atoms with Gasteiger partial charge in [-0.2, -0.15) is 0 Å². The van der Waals surface area contributed by atoms with Crippen LogP contribution in [0, 0.1) is 0 Å². The van der Waals surface area contributed by atoms with Crippen LogP contribution in [0.1, 0.15) is 0 Å². The lowest BCUT2D eigenvalue weighted by Crippen LogP contribution is -1.85. The molecule has 88 valence electrons. The molecule has 5 heteroatoms. The van der Waals surface area contributed by atoms with Crippen LogP contribution in [-0.2, 0) is 0 Å². The van der Waals surface area contributed by atoms with Gasteiger partial charge in [-0.25, -0.2) is 0 Å². The SMILES string of the molecule is Oc1cc(Cl)c(-c2c(Cl)cccc2Cl)c(Cl)c1. The molecule has 0 radical (unpaired) electrons. The molecule has 0 saturated carbocycles. The van der Waals surface area contributed by atoms with E-state index >= 15 is 0 Å². The summed E-state index contributed by atoms with van der Waals surface area (Å²) in [6, 6.07) is 7.91. The summed E-state index contributed by atoms with van der Waals surface area (Å²) >= 11 is 24.3. The first-order valence-electron chi connectivity index (χ1n) is 4.63. The lowest BCUT2D eigenvalue weighted by Gasteiger charge is -2.11. The monoisotopic (exact) mass is 306 g/mol. The molecule has 2 aromatic carbocycles. The summed E-state index contributed by atoms with van der Waals surface area (Å²) in [4.78, 5) is 0. The Hall–Kier alpha value is -0.600. The van der Waals surface area contributed by atoms with Crippen molar-refractivity contribution in [1.82, 2.24) is 0 Å². The van der Waals surface area contributed by atoms with Crippen molar-refractivity contribution in [2.45, 2.75) is 0 Å². The van der Waals surface area contributed by atoms with Gasteiger partial charge in [0.1, 0.15) is 5.75 Å². The first-order chi connectivity index (χ1) is 8.00. The number of phenolic OH excluding ortho intramolecular Hbond substituents is 1. The van der Waals surface area contributed by atoms with E-state index in [0.717, 1.165) is 0 Å². The van der Waals surface area contributed by atoms with Crippen molar-refractivity contribution < 1.29 is 5.11 Å². The van der Waals surface area contributed by atoms with Crippen LogP contribution in [0.2, 0.25) is 20.1 Å². The standard InChI is InChI=1S/C12H6Cl4O/c13-7-2-1-3-8(14)11(7)12-9(15)4-6(17)5-10(12)16/h1-5,17H. The van der Waals surface area contributed by atoms with E-state index in [1.54, 1.807) is 18.2 Å². The summed E-state index contributed by atoms with van der Waals surface area (Å²) in [5, 5.41) is 10.9. The first-order valence-corrected chi connectivity index (χ1v) is 6.14. The number of hydrogen-bond acceptors (Lipinski definition) is 1. The maximum absolute atomic E-state index is 9.37. The Morgan fingerprint density at radius 3 is 1.59 bits per heavy atom. The van der Waals surface area contributed by atoms with Gasteiger partial charge in [0.2, 0.25) is 0 Å². The molecule has 0 unspecified atom stereocenters. The second-order valence-electron chi connectivity index (χ2n) is 3.38. The molecule has 0 heterocycles. The summed E-state index contributed by atoms with van der Waals surface area (Å²) in [7, 11) is 0. The lowest BCUT2D eigenvalue weighted by atomic mass is 10.1. The Morgan fingerprint density at radius 2 is 1.12 bits per heavy atom. The molecule has 2 aromatic rings. The normalized spacial score (nSPS) is 10.6. The molecule has 17 heavy (non-hydrogen) atoms. The summed E-state index contributed by atoms with van der Waals surface area (Å²) in [6.45, 7) is 0. The average molecular weight is 308 g/mol. The van der Waals surface area contributed by atoms with Crippen LogP contribution in [-0.4, -0.2) is 5.11 Å². The number of phenols is 1. The lowest BCUT2D eigenvalue weighted by molar-refractivity contribution is 0.475. The molecule has 0 atom stereocenters. The Balaban J connectivity index is 2.77. The molecule has 0 aromatic heterocycles. The van der Waals surface area contributed by atoms with E-state index in [4.69, 9.17) is 46.4 Å². The van der Waals surface area contributed by atoms with Crippen LogP contribution in [0.4, 0.5) is 0 Å². The maximum atomic E-state index is 9.37. The minimum atomic E-state index is -0.00748. The van der Waals surface area contributed by atoms with Crippen molar-refractivity contribution in [3.63, 3.8) is 0 Å². The predicted molar refractivity (Wildman–Crippen MR) is 73.6 cm³/mol. The van der Waals surface area contributed by atoms with Gasteiger partial charge >= 0.3 is 0 Å². The van der Waals surface area contributed by atoms with Gasteiger partial charge in [-0.05, 0) is 24.3 Å². The molecule has 0 aliphatic heterocycles. The summed E-state index contributed by atoms with van der Waals surface area (Å²) in [5.41, 5.74) is 1.08. The zero-order valence-electron chi connectivity index (χ0n) is 8.35. The van der Waals surface area contributed by atoms with Crippen LogP contribution in [0.25, 0.3) is 11.1 Å². The largest absolute Gasteiger partial charge is 0.508 e. The van der Waals surface area contributed by atoms with Crippen molar-refractivity contribution in [2.24, 2.45) is 0 Å². The molecule has 1 nitrogen and oxygen atoms in total. The van der Waals surface area contributed by atoms with Gasteiger partial charge in [-0.1, -0.05) is 52.5 Å². The van der Waals surface area contributed by atoms with Gasteiger partial charge in [-0.15, -0.1) is 0 Å². The molecule has 2 rings (SSSR count). The maximum Gasteiger partial charge on any atom is 0.118 e. The molecule has 0 fully saturated rings. The number of rotatable bonds is 1. The molecule has 0 bridgehead atoms. The van der Waals surface area contributed by atoms with Crippen LogP contribution >= 0.6 is 46.4 Å². The van der Waals surface area contributed by atoms with E-state index in [-0.39, 0.29) is 5.75 Å². The van der Waals surface area contributed by atoms with Crippen molar-refractivity contribution in [3.05, 3.63) is 50.4 Å². The van der Waals surface area contributed by atoms with Gasteiger partial charge in [0.15, 0.2) is 0 Å². The summed E-state index contributed by atoms with van der Waals surface area (Å²) < 4.78 is 0. The molecular formula is C12H6Cl4O. The molecule has 0 amide bonds. The van der Waals surface area contributed by atoms with Crippen molar-refractivity contribution >= 4 is 46.4 Å². The highest BCUT2D eigenvalue weighted by molar-refractivity contribution is 6.44. The quantitative estimate of drug-likeness (QED) is 0.719. The minimum absolute atomic E-state index is 0.00748. The highest BCUT2D eigenvalue weighted by Crippen LogP contribution is 2.43. The van der Waals surface area contributed by atoms with Crippen LogP contribution in [0.15, 0.2) is 30.3 Å². The van der Waals surface area contributed by atoms with Gasteiger partial charge in [-0.3, -0.25) is 0 Å². The van der Waals surface area contributed by atoms with Gasteiger partial charge in [0.05, 0.1) is 10.0 Å². The Bertz CT molecular complexity index is 537. The second-order valence-corrected chi connectivity index (χ2v) is 5.01. The van der Waals surface area contributed by atoms with E-state index in [0.29, 0.717) is 31.2 Å². The third kappa shape index (κ3) is 2.48. The van der Waals surface area contributed by atoms with E-state index in [2.05, 4.69) is 0 Å². The zero-order valence-corrected chi connectivity index (χ0v) is 11.4. The fraction of sp³-hybridized carbons (Fsp3) is 0. The molecule has 0 saturated heterocycles. The third-order valence-electron chi connectivity index (χ3n) is 2.24. The Labute approximate surface area is 118 Å². The van der Waals surface area contributed by atoms with E-state index in [1.165, 1.54) is 12.1 Å². The average Bonchev–Trinajstić information content (AvgIpc) is 2.21. The van der Waals surface area contributed by atoms with Crippen LogP contribution in [0.3, 0.4) is 0 Å². The highest BCUT2D eigenvalue weighted by Gasteiger charge is 2.16. The number of halogens is 4. The molecular weight excluding hydrogens is 302 g/mol. The van der Waals surface area contributed by atoms with E-state index in [9.17, 15) is 5.11 Å². The zero-order chi connectivity index (χ0) is 12.6. The van der Waals surface area contributed by atoms with Crippen molar-refractivity contribution in [2.75, 3.05) is 0 Å². The molecule has 0 aliphatic rings. The van der Waals surface area contributed by atoms with Crippen molar-refractivity contribution in [3.8, 4) is 16.9 Å². The molecule has 0 spiro atoms.